The van der Waals surface area contributed by atoms with E-state index >= 15 is 0 Å². The standard InChI is InChI=1S/C13H13ClN2O2/c1-7-5-8(6-11(15)17)12-9(14)3-4-10(18-2)13(12)16-7/h3-5H,6H2,1-2H3,(H2,15,17). The van der Waals surface area contributed by atoms with Gasteiger partial charge in [-0.1, -0.05) is 11.6 Å². The number of fused-ring (bicyclic) bond motifs is 1. The van der Waals surface area contributed by atoms with Crippen LogP contribution in [-0.2, 0) is 11.2 Å². The number of aryl methyl sites for hydroxylation is 1. The Labute approximate surface area is 110 Å². The summed E-state index contributed by atoms with van der Waals surface area (Å²) in [7, 11) is 1.57. The molecule has 0 aliphatic rings. The Bertz CT molecular complexity index is 626. The zero-order chi connectivity index (χ0) is 13.3. The molecule has 2 aromatic rings. The van der Waals surface area contributed by atoms with Crippen LogP contribution in [0.15, 0.2) is 18.2 Å². The molecule has 0 spiro atoms. The maximum atomic E-state index is 11.1. The monoisotopic (exact) mass is 264 g/mol. The van der Waals surface area contributed by atoms with E-state index in [9.17, 15) is 4.79 Å². The average Bonchev–Trinajstić information content (AvgIpc) is 2.27. The number of carbonyl (C=O) groups excluding carboxylic acids is 1. The van der Waals surface area contributed by atoms with Crippen molar-refractivity contribution in [3.8, 4) is 5.75 Å². The number of rotatable bonds is 3. The van der Waals surface area contributed by atoms with E-state index in [1.54, 1.807) is 19.2 Å². The van der Waals surface area contributed by atoms with Crippen LogP contribution in [0.4, 0.5) is 0 Å². The third-order valence-electron chi connectivity index (χ3n) is 2.67. The fourth-order valence-electron chi connectivity index (χ4n) is 1.99. The molecule has 0 aliphatic carbocycles. The van der Waals surface area contributed by atoms with Crippen LogP contribution in [0, 0.1) is 6.92 Å². The molecule has 0 saturated carbocycles. The molecule has 94 valence electrons. The van der Waals surface area contributed by atoms with E-state index in [1.165, 1.54) is 0 Å². The van der Waals surface area contributed by atoms with Crippen LogP contribution < -0.4 is 10.5 Å². The second kappa shape index (κ2) is 4.82. The molecule has 18 heavy (non-hydrogen) atoms. The Morgan fingerprint density at radius 3 is 2.83 bits per heavy atom. The zero-order valence-corrected chi connectivity index (χ0v) is 10.9. The Kier molecular flexibility index (Phi) is 3.39. The van der Waals surface area contributed by atoms with Gasteiger partial charge in [0.05, 0.1) is 18.6 Å². The Morgan fingerprint density at radius 2 is 2.22 bits per heavy atom. The number of nitrogens with two attached hydrogens (primary N) is 1. The third kappa shape index (κ3) is 2.24. The van der Waals surface area contributed by atoms with E-state index in [-0.39, 0.29) is 6.42 Å². The molecule has 4 nitrogen and oxygen atoms in total. The number of halogens is 1. The summed E-state index contributed by atoms with van der Waals surface area (Å²) < 4.78 is 5.26. The molecule has 1 heterocycles. The van der Waals surface area contributed by atoms with Gasteiger partial charge in [0.2, 0.25) is 5.91 Å². The summed E-state index contributed by atoms with van der Waals surface area (Å²) in [6.07, 6.45) is 0.132. The summed E-state index contributed by atoms with van der Waals surface area (Å²) in [5.74, 6) is 0.226. The summed E-state index contributed by atoms with van der Waals surface area (Å²) in [4.78, 5) is 15.5. The van der Waals surface area contributed by atoms with Crippen molar-refractivity contribution in [2.45, 2.75) is 13.3 Å². The van der Waals surface area contributed by atoms with E-state index in [0.29, 0.717) is 16.3 Å². The predicted molar refractivity (Wildman–Crippen MR) is 70.9 cm³/mol. The first-order chi connectivity index (χ1) is 8.52. The van der Waals surface area contributed by atoms with Crippen LogP contribution in [0.5, 0.6) is 5.75 Å². The number of nitrogens with zero attached hydrogens (tertiary/aromatic N) is 1. The van der Waals surface area contributed by atoms with Gasteiger partial charge in [-0.05, 0) is 30.7 Å². The van der Waals surface area contributed by atoms with Gasteiger partial charge in [-0.3, -0.25) is 4.79 Å². The second-order valence-electron chi connectivity index (χ2n) is 4.04. The Morgan fingerprint density at radius 1 is 1.50 bits per heavy atom. The van der Waals surface area contributed by atoms with Crippen LogP contribution in [0.1, 0.15) is 11.3 Å². The topological polar surface area (TPSA) is 65.2 Å². The van der Waals surface area contributed by atoms with Gasteiger partial charge >= 0.3 is 0 Å². The highest BCUT2D eigenvalue weighted by Crippen LogP contribution is 2.33. The second-order valence-corrected chi connectivity index (χ2v) is 4.45. The lowest BCUT2D eigenvalue weighted by atomic mass is 10.0. The summed E-state index contributed by atoms with van der Waals surface area (Å²) >= 11 is 6.18. The van der Waals surface area contributed by atoms with Gasteiger partial charge in [0.25, 0.3) is 0 Å². The number of carbonyl (C=O) groups is 1. The molecule has 1 aromatic carbocycles. The van der Waals surface area contributed by atoms with E-state index in [4.69, 9.17) is 22.1 Å². The molecule has 0 saturated heterocycles. The number of primary amides is 1. The Hall–Kier alpha value is -1.81. The average molecular weight is 265 g/mol. The SMILES string of the molecule is COc1ccc(Cl)c2c(CC(N)=O)cc(C)nc12. The van der Waals surface area contributed by atoms with Gasteiger partial charge in [0.15, 0.2) is 0 Å². The van der Waals surface area contributed by atoms with Crippen molar-refractivity contribution in [1.82, 2.24) is 4.98 Å². The van der Waals surface area contributed by atoms with Crippen LogP contribution in [0.25, 0.3) is 10.9 Å². The molecule has 0 atom stereocenters. The van der Waals surface area contributed by atoms with E-state index < -0.39 is 5.91 Å². The first-order valence-electron chi connectivity index (χ1n) is 5.44. The summed E-state index contributed by atoms with van der Waals surface area (Å²) in [5, 5.41) is 1.26. The highest BCUT2D eigenvalue weighted by Gasteiger charge is 2.13. The largest absolute Gasteiger partial charge is 0.494 e. The molecule has 2 N–H and O–H groups in total. The number of hydrogen-bond donors (Lipinski definition) is 1. The predicted octanol–water partition coefficient (Wildman–Crippen LogP) is 2.23. The van der Waals surface area contributed by atoms with Crippen molar-refractivity contribution in [2.75, 3.05) is 7.11 Å². The van der Waals surface area contributed by atoms with Crippen LogP contribution in [0.3, 0.4) is 0 Å². The van der Waals surface area contributed by atoms with Crippen molar-refractivity contribution in [1.29, 1.82) is 0 Å². The molecular formula is C13H13ClN2O2. The number of aromatic nitrogens is 1. The van der Waals surface area contributed by atoms with Crippen LogP contribution >= 0.6 is 11.6 Å². The fourth-order valence-corrected chi connectivity index (χ4v) is 2.26. The quantitative estimate of drug-likeness (QED) is 0.925. The van der Waals surface area contributed by atoms with Crippen molar-refractivity contribution in [2.24, 2.45) is 5.73 Å². The molecule has 1 aromatic heterocycles. The van der Waals surface area contributed by atoms with Gasteiger partial charge in [0, 0.05) is 11.1 Å². The molecule has 1 amide bonds. The van der Waals surface area contributed by atoms with Crippen molar-refractivity contribution < 1.29 is 9.53 Å². The molecule has 2 rings (SSSR count). The van der Waals surface area contributed by atoms with Crippen LogP contribution in [-0.4, -0.2) is 18.0 Å². The molecule has 0 bridgehead atoms. The number of benzene rings is 1. The van der Waals surface area contributed by atoms with E-state index in [0.717, 1.165) is 16.6 Å². The highest BCUT2D eigenvalue weighted by molar-refractivity contribution is 6.36. The number of pyridine rings is 1. The number of amides is 1. The highest BCUT2D eigenvalue weighted by atomic mass is 35.5. The zero-order valence-electron chi connectivity index (χ0n) is 10.2. The fraction of sp³-hybridized carbons (Fsp3) is 0.231. The smallest absolute Gasteiger partial charge is 0.221 e. The summed E-state index contributed by atoms with van der Waals surface area (Å²) in [5.41, 5.74) is 7.47. The minimum atomic E-state index is -0.402. The maximum Gasteiger partial charge on any atom is 0.221 e. The van der Waals surface area contributed by atoms with Gasteiger partial charge in [-0.25, -0.2) is 4.98 Å². The lowest BCUT2D eigenvalue weighted by Gasteiger charge is -2.11. The van der Waals surface area contributed by atoms with Crippen molar-refractivity contribution >= 4 is 28.4 Å². The first-order valence-corrected chi connectivity index (χ1v) is 5.81. The van der Waals surface area contributed by atoms with Gasteiger partial charge in [-0.15, -0.1) is 0 Å². The lowest BCUT2D eigenvalue weighted by Crippen LogP contribution is -2.14. The first kappa shape index (κ1) is 12.6. The molecule has 5 heteroatoms. The van der Waals surface area contributed by atoms with Crippen molar-refractivity contribution in [3.05, 3.63) is 34.5 Å². The Balaban J connectivity index is 2.81. The molecule has 0 aliphatic heterocycles. The number of methoxy groups -OCH3 is 1. The van der Waals surface area contributed by atoms with E-state index in [2.05, 4.69) is 4.98 Å². The normalized spacial score (nSPS) is 10.6. The number of ether oxygens (including phenoxy) is 1. The third-order valence-corrected chi connectivity index (χ3v) is 2.98. The molecule has 0 radical (unpaired) electrons. The van der Waals surface area contributed by atoms with Gasteiger partial charge < -0.3 is 10.5 Å². The maximum absolute atomic E-state index is 11.1. The number of hydrogen-bond acceptors (Lipinski definition) is 3. The lowest BCUT2D eigenvalue weighted by molar-refractivity contribution is -0.117. The van der Waals surface area contributed by atoms with E-state index in [1.807, 2.05) is 13.0 Å². The summed E-state index contributed by atoms with van der Waals surface area (Å²) in [6.45, 7) is 1.85. The van der Waals surface area contributed by atoms with Gasteiger partial charge in [0.1, 0.15) is 11.3 Å². The minimum Gasteiger partial charge on any atom is -0.494 e. The summed E-state index contributed by atoms with van der Waals surface area (Å²) in [6, 6.07) is 5.30. The minimum absolute atomic E-state index is 0.132. The van der Waals surface area contributed by atoms with Gasteiger partial charge in [-0.2, -0.15) is 0 Å². The van der Waals surface area contributed by atoms with Crippen molar-refractivity contribution in [3.63, 3.8) is 0 Å². The molecule has 0 unspecified atom stereocenters. The molecule has 0 fully saturated rings. The molecular weight excluding hydrogens is 252 g/mol. The van der Waals surface area contributed by atoms with Crippen LogP contribution in [0.2, 0.25) is 5.02 Å².